The lowest BCUT2D eigenvalue weighted by atomic mass is 10.0. The van der Waals surface area contributed by atoms with E-state index in [1.165, 1.54) is 0 Å². The Morgan fingerprint density at radius 3 is 2.68 bits per heavy atom. The van der Waals surface area contributed by atoms with Gasteiger partial charge in [0.1, 0.15) is 11.8 Å². The van der Waals surface area contributed by atoms with Crippen molar-refractivity contribution in [1.29, 1.82) is 5.26 Å². The van der Waals surface area contributed by atoms with Crippen LogP contribution >= 0.6 is 0 Å². The maximum Gasteiger partial charge on any atom is 0.261 e. The number of hydrogen-bond donors (Lipinski definition) is 1. The molecule has 1 aromatic rings. The first-order valence-corrected chi connectivity index (χ1v) is 6.37. The summed E-state index contributed by atoms with van der Waals surface area (Å²) in [5.74, 6) is 0.251. The Bertz CT molecular complexity index is 489. The van der Waals surface area contributed by atoms with Crippen LogP contribution in [0.2, 0.25) is 0 Å². The van der Waals surface area contributed by atoms with Gasteiger partial charge >= 0.3 is 0 Å². The number of carbonyl (C=O) groups is 1. The average Bonchev–Trinajstić information content (AvgIpc) is 2.38. The van der Waals surface area contributed by atoms with Gasteiger partial charge in [-0.05, 0) is 39.3 Å². The third kappa shape index (κ3) is 4.29. The van der Waals surface area contributed by atoms with Crippen molar-refractivity contribution >= 4 is 5.91 Å². The minimum atomic E-state index is -0.639. The highest BCUT2D eigenvalue weighted by Crippen LogP contribution is 2.18. The van der Waals surface area contributed by atoms with E-state index in [-0.39, 0.29) is 11.4 Å². The topological polar surface area (TPSA) is 62.1 Å². The molecule has 0 aliphatic heterocycles. The fourth-order valence-electron chi connectivity index (χ4n) is 1.43. The summed E-state index contributed by atoms with van der Waals surface area (Å²) in [5, 5.41) is 11.9. The summed E-state index contributed by atoms with van der Waals surface area (Å²) >= 11 is 0. The van der Waals surface area contributed by atoms with Crippen molar-refractivity contribution < 1.29 is 9.53 Å². The molecule has 1 amide bonds. The molecule has 0 bridgehead atoms. The van der Waals surface area contributed by atoms with Crippen molar-refractivity contribution in [3.05, 3.63) is 29.8 Å². The van der Waals surface area contributed by atoms with Crippen LogP contribution in [0.5, 0.6) is 5.75 Å². The summed E-state index contributed by atoms with van der Waals surface area (Å²) in [6.07, 6.45) is 0.195. The number of nitrogens with one attached hydrogen (secondary N) is 1. The van der Waals surface area contributed by atoms with E-state index < -0.39 is 6.10 Å². The molecule has 0 radical (unpaired) electrons. The van der Waals surface area contributed by atoms with E-state index in [0.29, 0.717) is 11.3 Å². The summed E-state index contributed by atoms with van der Waals surface area (Å²) in [5.41, 5.74) is 0.167. The highest BCUT2D eigenvalue weighted by Gasteiger charge is 2.23. The van der Waals surface area contributed by atoms with Gasteiger partial charge in [-0.2, -0.15) is 5.26 Å². The van der Waals surface area contributed by atoms with E-state index in [0.717, 1.165) is 6.42 Å². The molecule has 0 fully saturated rings. The van der Waals surface area contributed by atoms with Crippen molar-refractivity contribution in [1.82, 2.24) is 5.32 Å². The number of hydrogen-bond acceptors (Lipinski definition) is 3. The Balaban J connectivity index is 2.72. The van der Waals surface area contributed by atoms with E-state index in [4.69, 9.17) is 10.00 Å². The molecule has 0 heterocycles. The van der Waals surface area contributed by atoms with Gasteiger partial charge in [0.25, 0.3) is 5.91 Å². The van der Waals surface area contributed by atoms with Gasteiger partial charge in [-0.25, -0.2) is 0 Å². The summed E-state index contributed by atoms with van der Waals surface area (Å²) in [6.45, 7) is 7.60. The smallest absolute Gasteiger partial charge is 0.261 e. The van der Waals surface area contributed by atoms with Crippen LogP contribution in [0, 0.1) is 11.3 Å². The number of benzene rings is 1. The minimum absolute atomic E-state index is 0.181. The van der Waals surface area contributed by atoms with E-state index >= 15 is 0 Å². The minimum Gasteiger partial charge on any atom is -0.480 e. The number of amides is 1. The standard InChI is InChI=1S/C15H20N2O2/c1-5-15(3,4)17-14(18)11(2)19-13-9-7-6-8-12(13)10-16/h6-9,11H,5H2,1-4H3,(H,17,18). The van der Waals surface area contributed by atoms with Crippen LogP contribution in [0.1, 0.15) is 39.7 Å². The van der Waals surface area contributed by atoms with Crippen LogP contribution in [0.25, 0.3) is 0 Å². The van der Waals surface area contributed by atoms with Gasteiger partial charge in [0.2, 0.25) is 0 Å². The lowest BCUT2D eigenvalue weighted by Crippen LogP contribution is -2.48. The summed E-state index contributed by atoms with van der Waals surface area (Å²) in [4.78, 5) is 12.0. The quantitative estimate of drug-likeness (QED) is 0.885. The zero-order chi connectivity index (χ0) is 14.5. The SMILES string of the molecule is CCC(C)(C)NC(=O)C(C)Oc1ccccc1C#N. The average molecular weight is 260 g/mol. The molecule has 4 nitrogen and oxygen atoms in total. The second kappa shape index (κ2) is 6.24. The Morgan fingerprint density at radius 2 is 2.11 bits per heavy atom. The van der Waals surface area contributed by atoms with E-state index in [9.17, 15) is 4.79 Å². The molecule has 1 N–H and O–H groups in total. The lowest BCUT2D eigenvalue weighted by molar-refractivity contribution is -0.128. The molecule has 1 unspecified atom stereocenters. The second-order valence-electron chi connectivity index (χ2n) is 5.09. The molecule has 0 aliphatic rings. The van der Waals surface area contributed by atoms with E-state index in [2.05, 4.69) is 5.32 Å². The molecule has 4 heteroatoms. The molecule has 1 aromatic carbocycles. The second-order valence-corrected chi connectivity index (χ2v) is 5.09. The maximum atomic E-state index is 12.0. The van der Waals surface area contributed by atoms with Crippen LogP contribution in [0.3, 0.4) is 0 Å². The molecule has 0 spiro atoms. The molecule has 0 aliphatic carbocycles. The maximum absolute atomic E-state index is 12.0. The van der Waals surface area contributed by atoms with Crippen LogP contribution in [0.15, 0.2) is 24.3 Å². The van der Waals surface area contributed by atoms with Gasteiger partial charge in [0.05, 0.1) is 5.56 Å². The molecule has 1 rings (SSSR count). The van der Waals surface area contributed by atoms with Crippen LogP contribution in [-0.2, 0) is 4.79 Å². The van der Waals surface area contributed by atoms with Crippen molar-refractivity contribution in [2.24, 2.45) is 0 Å². The number of nitriles is 1. The summed E-state index contributed by atoms with van der Waals surface area (Å²) in [6, 6.07) is 8.93. The summed E-state index contributed by atoms with van der Waals surface area (Å²) < 4.78 is 5.55. The van der Waals surface area contributed by atoms with Gasteiger partial charge in [-0.1, -0.05) is 19.1 Å². The Morgan fingerprint density at radius 1 is 1.47 bits per heavy atom. The van der Waals surface area contributed by atoms with Gasteiger partial charge in [0.15, 0.2) is 6.10 Å². The third-order valence-corrected chi connectivity index (χ3v) is 3.03. The van der Waals surface area contributed by atoms with Crippen molar-refractivity contribution in [2.75, 3.05) is 0 Å². The fraction of sp³-hybridized carbons (Fsp3) is 0.467. The highest BCUT2D eigenvalue weighted by atomic mass is 16.5. The van der Waals surface area contributed by atoms with Crippen LogP contribution < -0.4 is 10.1 Å². The molecule has 0 saturated heterocycles. The Hall–Kier alpha value is -2.02. The van der Waals surface area contributed by atoms with Gasteiger partial charge in [-0.3, -0.25) is 4.79 Å². The molecule has 19 heavy (non-hydrogen) atoms. The van der Waals surface area contributed by atoms with Crippen molar-refractivity contribution in [3.8, 4) is 11.8 Å². The number of nitrogens with zero attached hydrogens (tertiary/aromatic N) is 1. The fourth-order valence-corrected chi connectivity index (χ4v) is 1.43. The zero-order valence-electron chi connectivity index (χ0n) is 11.9. The number of rotatable bonds is 5. The molecular weight excluding hydrogens is 240 g/mol. The normalized spacial score (nSPS) is 12.4. The monoisotopic (exact) mass is 260 g/mol. The molecular formula is C15H20N2O2. The first kappa shape index (κ1) is 15.0. The predicted octanol–water partition coefficient (Wildman–Crippen LogP) is 2.63. The van der Waals surface area contributed by atoms with Crippen molar-refractivity contribution in [2.45, 2.75) is 45.8 Å². The lowest BCUT2D eigenvalue weighted by Gasteiger charge is -2.26. The van der Waals surface area contributed by atoms with Gasteiger partial charge < -0.3 is 10.1 Å². The van der Waals surface area contributed by atoms with Gasteiger partial charge in [-0.15, -0.1) is 0 Å². The Labute approximate surface area is 114 Å². The van der Waals surface area contributed by atoms with E-state index in [1.807, 2.05) is 26.8 Å². The number of ether oxygens (including phenoxy) is 1. The highest BCUT2D eigenvalue weighted by molar-refractivity contribution is 5.81. The molecule has 102 valence electrons. The largest absolute Gasteiger partial charge is 0.480 e. The van der Waals surface area contributed by atoms with E-state index in [1.54, 1.807) is 31.2 Å². The molecule has 1 atom stereocenters. The number of para-hydroxylation sites is 1. The van der Waals surface area contributed by atoms with Crippen molar-refractivity contribution in [3.63, 3.8) is 0 Å². The van der Waals surface area contributed by atoms with Gasteiger partial charge in [0, 0.05) is 5.54 Å². The molecule has 0 saturated carbocycles. The molecule has 0 aromatic heterocycles. The first-order valence-electron chi connectivity index (χ1n) is 6.37. The first-order chi connectivity index (χ1) is 8.89. The zero-order valence-corrected chi connectivity index (χ0v) is 11.9. The Kier molecular flexibility index (Phi) is 4.94. The predicted molar refractivity (Wildman–Crippen MR) is 73.8 cm³/mol. The summed E-state index contributed by atoms with van der Waals surface area (Å²) in [7, 11) is 0. The third-order valence-electron chi connectivity index (χ3n) is 3.03. The van der Waals surface area contributed by atoms with Crippen LogP contribution in [0.4, 0.5) is 0 Å². The van der Waals surface area contributed by atoms with Crippen LogP contribution in [-0.4, -0.2) is 17.6 Å². The number of carbonyl (C=O) groups excluding carboxylic acids is 1.